The Bertz CT molecular complexity index is 365. The standard InChI is InChI=1S/C9H13ClN2O2S/c1-3-12-7(4-15-5-8(13)14)9(10)6(2)11-12/h3-5H2,1-2H3,(H,13,14). The van der Waals surface area contributed by atoms with Crippen molar-refractivity contribution < 1.29 is 9.90 Å². The van der Waals surface area contributed by atoms with Gasteiger partial charge in [0, 0.05) is 12.3 Å². The molecule has 1 aromatic heterocycles. The molecule has 84 valence electrons. The highest BCUT2D eigenvalue weighted by molar-refractivity contribution is 7.99. The molecule has 0 saturated carbocycles. The number of nitrogens with zero attached hydrogens (tertiary/aromatic N) is 2. The molecular weight excluding hydrogens is 236 g/mol. The van der Waals surface area contributed by atoms with Gasteiger partial charge in [0.05, 0.1) is 22.2 Å². The zero-order valence-corrected chi connectivity index (χ0v) is 10.2. The van der Waals surface area contributed by atoms with Crippen molar-refractivity contribution in [2.45, 2.75) is 26.1 Å². The number of aryl methyl sites for hydroxylation is 2. The Labute approximate surface area is 97.6 Å². The van der Waals surface area contributed by atoms with Gasteiger partial charge >= 0.3 is 5.97 Å². The molecule has 0 fully saturated rings. The summed E-state index contributed by atoms with van der Waals surface area (Å²) in [5.74, 6) is -0.139. The number of aliphatic carboxylic acids is 1. The lowest BCUT2D eigenvalue weighted by Gasteiger charge is -2.03. The average Bonchev–Trinajstić information content (AvgIpc) is 2.44. The fourth-order valence-electron chi connectivity index (χ4n) is 1.24. The van der Waals surface area contributed by atoms with E-state index in [-0.39, 0.29) is 5.75 Å². The Kier molecular flexibility index (Phi) is 4.47. The van der Waals surface area contributed by atoms with E-state index >= 15 is 0 Å². The molecular formula is C9H13ClN2O2S. The summed E-state index contributed by atoms with van der Waals surface area (Å²) in [5, 5.41) is 13.4. The second kappa shape index (κ2) is 5.42. The van der Waals surface area contributed by atoms with E-state index in [1.807, 2.05) is 18.5 Å². The van der Waals surface area contributed by atoms with E-state index in [4.69, 9.17) is 16.7 Å². The number of hydrogen-bond acceptors (Lipinski definition) is 3. The van der Waals surface area contributed by atoms with Crippen molar-refractivity contribution in [1.82, 2.24) is 9.78 Å². The SMILES string of the molecule is CCn1nc(C)c(Cl)c1CSCC(=O)O. The van der Waals surface area contributed by atoms with Gasteiger partial charge in [-0.25, -0.2) is 0 Å². The normalized spacial score (nSPS) is 10.6. The van der Waals surface area contributed by atoms with Crippen molar-refractivity contribution in [3.8, 4) is 0 Å². The van der Waals surface area contributed by atoms with E-state index in [2.05, 4.69) is 5.10 Å². The van der Waals surface area contributed by atoms with Crippen LogP contribution in [0.1, 0.15) is 18.3 Å². The van der Waals surface area contributed by atoms with Crippen molar-refractivity contribution in [3.05, 3.63) is 16.4 Å². The van der Waals surface area contributed by atoms with Crippen LogP contribution in [0.15, 0.2) is 0 Å². The maximum absolute atomic E-state index is 10.4. The van der Waals surface area contributed by atoms with Crippen molar-refractivity contribution in [2.24, 2.45) is 0 Å². The fourth-order valence-corrected chi connectivity index (χ4v) is 2.29. The maximum Gasteiger partial charge on any atom is 0.313 e. The van der Waals surface area contributed by atoms with Crippen LogP contribution < -0.4 is 0 Å². The number of halogens is 1. The Morgan fingerprint density at radius 2 is 2.33 bits per heavy atom. The molecule has 0 amide bonds. The van der Waals surface area contributed by atoms with Gasteiger partial charge in [-0.1, -0.05) is 11.6 Å². The molecule has 0 bridgehead atoms. The summed E-state index contributed by atoms with van der Waals surface area (Å²) < 4.78 is 1.81. The molecule has 0 saturated heterocycles. The Morgan fingerprint density at radius 1 is 1.67 bits per heavy atom. The summed E-state index contributed by atoms with van der Waals surface area (Å²) in [4.78, 5) is 10.4. The summed E-state index contributed by atoms with van der Waals surface area (Å²) >= 11 is 7.39. The number of rotatable bonds is 5. The van der Waals surface area contributed by atoms with Crippen LogP contribution in [0.4, 0.5) is 0 Å². The van der Waals surface area contributed by atoms with Gasteiger partial charge in [-0.2, -0.15) is 5.10 Å². The molecule has 0 aliphatic heterocycles. The van der Waals surface area contributed by atoms with Gasteiger partial charge in [0.15, 0.2) is 0 Å². The van der Waals surface area contributed by atoms with Crippen LogP contribution in [0.25, 0.3) is 0 Å². The molecule has 15 heavy (non-hydrogen) atoms. The summed E-state index contributed by atoms with van der Waals surface area (Å²) in [6.45, 7) is 4.57. The van der Waals surface area contributed by atoms with Crippen LogP contribution in [0.3, 0.4) is 0 Å². The van der Waals surface area contributed by atoms with Gasteiger partial charge in [0.25, 0.3) is 0 Å². The smallest absolute Gasteiger partial charge is 0.313 e. The second-order valence-electron chi connectivity index (χ2n) is 3.05. The first kappa shape index (κ1) is 12.4. The molecule has 6 heteroatoms. The summed E-state index contributed by atoms with van der Waals surface area (Å²) in [5.41, 5.74) is 1.70. The van der Waals surface area contributed by atoms with Gasteiger partial charge in [-0.15, -0.1) is 11.8 Å². The Balaban J connectivity index is 2.70. The van der Waals surface area contributed by atoms with Crippen molar-refractivity contribution in [1.29, 1.82) is 0 Å². The zero-order valence-electron chi connectivity index (χ0n) is 8.66. The quantitative estimate of drug-likeness (QED) is 0.868. The Morgan fingerprint density at radius 3 is 2.87 bits per heavy atom. The number of thioether (sulfide) groups is 1. The topological polar surface area (TPSA) is 55.1 Å². The third-order valence-electron chi connectivity index (χ3n) is 1.92. The van der Waals surface area contributed by atoms with E-state index < -0.39 is 5.97 Å². The number of hydrogen-bond donors (Lipinski definition) is 1. The third-order valence-corrected chi connectivity index (χ3v) is 3.34. The van der Waals surface area contributed by atoms with Crippen molar-refractivity contribution in [3.63, 3.8) is 0 Å². The van der Waals surface area contributed by atoms with Crippen LogP contribution in [0, 0.1) is 6.92 Å². The molecule has 4 nitrogen and oxygen atoms in total. The number of aromatic nitrogens is 2. The highest BCUT2D eigenvalue weighted by atomic mass is 35.5. The lowest BCUT2D eigenvalue weighted by Crippen LogP contribution is -2.04. The van der Waals surface area contributed by atoms with Crippen molar-refractivity contribution >= 4 is 29.3 Å². The maximum atomic E-state index is 10.4. The van der Waals surface area contributed by atoms with Crippen LogP contribution in [0.2, 0.25) is 5.02 Å². The lowest BCUT2D eigenvalue weighted by molar-refractivity contribution is -0.133. The van der Waals surface area contributed by atoms with Crippen LogP contribution in [-0.2, 0) is 17.1 Å². The highest BCUT2D eigenvalue weighted by Crippen LogP contribution is 2.24. The highest BCUT2D eigenvalue weighted by Gasteiger charge is 2.12. The molecule has 0 aromatic carbocycles. The van der Waals surface area contributed by atoms with E-state index in [1.54, 1.807) is 0 Å². The van der Waals surface area contributed by atoms with Crippen LogP contribution >= 0.6 is 23.4 Å². The predicted octanol–water partition coefficient (Wildman–Crippen LogP) is 2.18. The van der Waals surface area contributed by atoms with Gasteiger partial charge in [0.2, 0.25) is 0 Å². The molecule has 0 spiro atoms. The van der Waals surface area contributed by atoms with E-state index in [0.717, 1.165) is 17.9 Å². The minimum absolute atomic E-state index is 0.0876. The molecule has 0 atom stereocenters. The minimum atomic E-state index is -0.810. The van der Waals surface area contributed by atoms with E-state index in [1.165, 1.54) is 11.8 Å². The minimum Gasteiger partial charge on any atom is -0.481 e. The lowest BCUT2D eigenvalue weighted by atomic mass is 10.4. The average molecular weight is 249 g/mol. The molecule has 0 unspecified atom stereocenters. The summed E-state index contributed by atoms with van der Waals surface area (Å²) in [6, 6.07) is 0. The number of carboxylic acid groups (broad SMARTS) is 1. The molecule has 1 heterocycles. The van der Waals surface area contributed by atoms with Gasteiger partial charge in [-0.05, 0) is 13.8 Å². The van der Waals surface area contributed by atoms with E-state index in [0.29, 0.717) is 10.8 Å². The number of carbonyl (C=O) groups is 1. The summed E-state index contributed by atoms with van der Waals surface area (Å²) in [6.07, 6.45) is 0. The molecule has 0 aliphatic rings. The number of carboxylic acids is 1. The third kappa shape index (κ3) is 3.14. The molecule has 1 N–H and O–H groups in total. The summed E-state index contributed by atoms with van der Waals surface area (Å²) in [7, 11) is 0. The second-order valence-corrected chi connectivity index (χ2v) is 4.41. The Hall–Kier alpha value is -0.680. The monoisotopic (exact) mass is 248 g/mol. The first-order valence-corrected chi connectivity index (χ1v) is 6.10. The predicted molar refractivity (Wildman–Crippen MR) is 61.4 cm³/mol. The van der Waals surface area contributed by atoms with Crippen molar-refractivity contribution in [2.75, 3.05) is 5.75 Å². The largest absolute Gasteiger partial charge is 0.481 e. The first-order chi connectivity index (χ1) is 7.06. The fraction of sp³-hybridized carbons (Fsp3) is 0.556. The van der Waals surface area contributed by atoms with Gasteiger partial charge in [0.1, 0.15) is 0 Å². The van der Waals surface area contributed by atoms with Gasteiger partial charge < -0.3 is 5.11 Å². The molecule has 0 aliphatic carbocycles. The van der Waals surface area contributed by atoms with E-state index in [9.17, 15) is 4.79 Å². The van der Waals surface area contributed by atoms with Crippen LogP contribution in [0.5, 0.6) is 0 Å². The van der Waals surface area contributed by atoms with Crippen LogP contribution in [-0.4, -0.2) is 26.6 Å². The van der Waals surface area contributed by atoms with Gasteiger partial charge in [-0.3, -0.25) is 9.48 Å². The molecule has 1 rings (SSSR count). The molecule has 1 aromatic rings. The zero-order chi connectivity index (χ0) is 11.4. The first-order valence-electron chi connectivity index (χ1n) is 4.57. The molecule has 0 radical (unpaired) electrons.